The van der Waals surface area contributed by atoms with Crippen molar-refractivity contribution >= 4 is 10.8 Å². The van der Waals surface area contributed by atoms with Crippen LogP contribution in [-0.2, 0) is 0 Å². The third kappa shape index (κ3) is 4.87. The minimum Gasteiger partial charge on any atom is -0.491 e. The van der Waals surface area contributed by atoms with Crippen molar-refractivity contribution in [1.82, 2.24) is 0 Å². The van der Waals surface area contributed by atoms with E-state index in [4.69, 9.17) is 9.47 Å². The van der Waals surface area contributed by atoms with Gasteiger partial charge in [-0.05, 0) is 86.6 Å². The predicted octanol–water partition coefficient (Wildman–Crippen LogP) is 8.06. The van der Waals surface area contributed by atoms with E-state index in [9.17, 15) is 13.2 Å². The number of hydrogen-bond donors (Lipinski definition) is 0. The van der Waals surface area contributed by atoms with Gasteiger partial charge in [0, 0.05) is 0 Å². The summed E-state index contributed by atoms with van der Waals surface area (Å²) in [5, 5.41) is -0.120. The van der Waals surface area contributed by atoms with E-state index in [1.54, 1.807) is 6.92 Å². The van der Waals surface area contributed by atoms with Crippen LogP contribution in [-0.4, -0.2) is 13.2 Å². The zero-order valence-corrected chi connectivity index (χ0v) is 19.3. The van der Waals surface area contributed by atoms with Crippen LogP contribution in [0.15, 0.2) is 18.2 Å². The normalized spacial score (nSPS) is 26.3. The van der Waals surface area contributed by atoms with E-state index in [0.717, 1.165) is 30.6 Å². The lowest BCUT2D eigenvalue weighted by molar-refractivity contribution is 0.121. The highest BCUT2D eigenvalue weighted by molar-refractivity contribution is 5.86. The third-order valence-corrected chi connectivity index (χ3v) is 7.86. The zero-order chi connectivity index (χ0) is 22.7. The number of benzene rings is 2. The summed E-state index contributed by atoms with van der Waals surface area (Å²) in [4.78, 5) is 0. The van der Waals surface area contributed by atoms with E-state index in [1.165, 1.54) is 63.1 Å². The number of halogens is 3. The molecule has 0 heterocycles. The van der Waals surface area contributed by atoms with Crippen LogP contribution in [0, 0.1) is 41.1 Å². The standard InChI is InChI=1S/C27H35F3O2/c1-3-17-5-9-19(10-6-17)20-11-7-18(8-12-20)16-32-23-15-21-13-14-22(31-4-2)25(28)24(21)27(30)26(23)29/h13-15,17-20H,3-12,16H2,1-2H3. The van der Waals surface area contributed by atoms with Gasteiger partial charge in [0.2, 0.25) is 5.82 Å². The molecule has 4 rings (SSSR count). The highest BCUT2D eigenvalue weighted by atomic mass is 19.2. The second-order valence-corrected chi connectivity index (χ2v) is 9.69. The van der Waals surface area contributed by atoms with Gasteiger partial charge in [0.15, 0.2) is 23.1 Å². The Kier molecular flexibility index (Phi) is 7.52. The molecule has 2 saturated carbocycles. The van der Waals surface area contributed by atoms with Gasteiger partial charge in [-0.2, -0.15) is 4.39 Å². The molecule has 2 fully saturated rings. The smallest absolute Gasteiger partial charge is 0.201 e. The quantitative estimate of drug-likeness (QED) is 0.426. The Morgan fingerprint density at radius 1 is 0.719 bits per heavy atom. The van der Waals surface area contributed by atoms with Crippen molar-refractivity contribution in [1.29, 1.82) is 0 Å². The van der Waals surface area contributed by atoms with Gasteiger partial charge >= 0.3 is 0 Å². The van der Waals surface area contributed by atoms with Crippen LogP contribution >= 0.6 is 0 Å². The van der Waals surface area contributed by atoms with Crippen LogP contribution in [0.5, 0.6) is 11.5 Å². The second-order valence-electron chi connectivity index (χ2n) is 9.69. The molecule has 0 aromatic heterocycles. The van der Waals surface area contributed by atoms with Crippen molar-refractivity contribution < 1.29 is 22.6 Å². The number of hydrogen-bond acceptors (Lipinski definition) is 2. The first-order valence-corrected chi connectivity index (χ1v) is 12.4. The van der Waals surface area contributed by atoms with E-state index in [1.807, 2.05) is 0 Å². The number of fused-ring (bicyclic) bond motifs is 1. The molecule has 2 aromatic carbocycles. The average molecular weight is 449 g/mol. The molecule has 0 aliphatic heterocycles. The molecule has 176 valence electrons. The fraction of sp³-hybridized carbons (Fsp3) is 0.630. The molecule has 0 unspecified atom stereocenters. The molecule has 0 atom stereocenters. The van der Waals surface area contributed by atoms with Crippen LogP contribution in [0.3, 0.4) is 0 Å². The maximum absolute atomic E-state index is 14.7. The van der Waals surface area contributed by atoms with Gasteiger partial charge < -0.3 is 9.47 Å². The Hall–Kier alpha value is -1.91. The minimum atomic E-state index is -1.22. The molecule has 32 heavy (non-hydrogen) atoms. The molecule has 5 heteroatoms. The van der Waals surface area contributed by atoms with E-state index < -0.39 is 17.5 Å². The molecule has 2 aliphatic rings. The second kappa shape index (κ2) is 10.4. The van der Waals surface area contributed by atoms with Crippen LogP contribution in [0.2, 0.25) is 0 Å². The lowest BCUT2D eigenvalue weighted by atomic mass is 9.69. The Bertz CT molecular complexity index is 913. The van der Waals surface area contributed by atoms with Crippen LogP contribution in [0.4, 0.5) is 13.2 Å². The minimum absolute atomic E-state index is 0.0769. The van der Waals surface area contributed by atoms with Gasteiger partial charge in [-0.1, -0.05) is 32.3 Å². The van der Waals surface area contributed by atoms with Crippen molar-refractivity contribution in [2.75, 3.05) is 13.2 Å². The van der Waals surface area contributed by atoms with Gasteiger partial charge in [0.25, 0.3) is 0 Å². The topological polar surface area (TPSA) is 18.5 Å². The first-order valence-electron chi connectivity index (χ1n) is 12.4. The Morgan fingerprint density at radius 3 is 1.94 bits per heavy atom. The lowest BCUT2D eigenvalue weighted by Crippen LogP contribution is -2.27. The molecule has 0 amide bonds. The van der Waals surface area contributed by atoms with E-state index in [2.05, 4.69) is 6.92 Å². The average Bonchev–Trinajstić information content (AvgIpc) is 2.82. The number of ether oxygens (including phenoxy) is 2. The van der Waals surface area contributed by atoms with Gasteiger partial charge in [-0.3, -0.25) is 0 Å². The van der Waals surface area contributed by atoms with Crippen LogP contribution < -0.4 is 9.47 Å². The summed E-state index contributed by atoms with van der Waals surface area (Å²) in [6.07, 6.45) is 11.4. The summed E-state index contributed by atoms with van der Waals surface area (Å²) in [5.41, 5.74) is 0. The van der Waals surface area contributed by atoms with Crippen molar-refractivity contribution in [2.24, 2.45) is 23.7 Å². The maximum atomic E-state index is 14.7. The summed E-state index contributed by atoms with van der Waals surface area (Å²) in [6.45, 7) is 4.63. The lowest BCUT2D eigenvalue weighted by Gasteiger charge is -2.37. The third-order valence-electron chi connectivity index (χ3n) is 7.86. The van der Waals surface area contributed by atoms with Crippen molar-refractivity contribution in [3.8, 4) is 11.5 Å². The van der Waals surface area contributed by atoms with E-state index in [-0.39, 0.29) is 28.9 Å². The summed E-state index contributed by atoms with van der Waals surface area (Å²) >= 11 is 0. The Morgan fingerprint density at radius 2 is 1.34 bits per heavy atom. The highest BCUT2D eigenvalue weighted by Gasteiger charge is 2.31. The summed E-state index contributed by atoms with van der Waals surface area (Å²) in [7, 11) is 0. The number of rotatable bonds is 7. The van der Waals surface area contributed by atoms with Crippen molar-refractivity contribution in [2.45, 2.75) is 71.6 Å². The summed E-state index contributed by atoms with van der Waals surface area (Å²) in [6, 6.07) is 4.37. The van der Waals surface area contributed by atoms with E-state index in [0.29, 0.717) is 12.5 Å². The first kappa shape index (κ1) is 23.3. The van der Waals surface area contributed by atoms with E-state index >= 15 is 0 Å². The largest absolute Gasteiger partial charge is 0.491 e. The van der Waals surface area contributed by atoms with Crippen molar-refractivity contribution in [3.63, 3.8) is 0 Å². The molecular formula is C27H35F3O2. The van der Waals surface area contributed by atoms with Crippen LogP contribution in [0.25, 0.3) is 10.8 Å². The molecule has 2 aromatic rings. The SMILES string of the molecule is CCOc1ccc2cc(OCC3CCC(C4CCC(CC)CC4)CC3)c(F)c(F)c2c1F. The zero-order valence-electron chi connectivity index (χ0n) is 19.3. The fourth-order valence-corrected chi connectivity index (χ4v) is 5.81. The Balaban J connectivity index is 1.36. The monoisotopic (exact) mass is 448 g/mol. The maximum Gasteiger partial charge on any atom is 0.201 e. The molecule has 0 bridgehead atoms. The molecule has 2 aliphatic carbocycles. The molecule has 2 nitrogen and oxygen atoms in total. The molecule has 0 spiro atoms. The Labute approximate surface area is 189 Å². The van der Waals surface area contributed by atoms with Gasteiger partial charge in [-0.25, -0.2) is 8.78 Å². The van der Waals surface area contributed by atoms with Crippen molar-refractivity contribution in [3.05, 3.63) is 35.7 Å². The fourth-order valence-electron chi connectivity index (χ4n) is 5.81. The predicted molar refractivity (Wildman–Crippen MR) is 122 cm³/mol. The van der Waals surface area contributed by atoms with Crippen LogP contribution in [0.1, 0.15) is 71.6 Å². The molecular weight excluding hydrogens is 413 g/mol. The molecule has 0 N–H and O–H groups in total. The summed E-state index contributed by atoms with van der Waals surface area (Å²) in [5.74, 6) is -0.496. The van der Waals surface area contributed by atoms with Gasteiger partial charge in [0.1, 0.15) is 0 Å². The van der Waals surface area contributed by atoms with Gasteiger partial charge in [-0.15, -0.1) is 0 Å². The molecule has 0 radical (unpaired) electrons. The van der Waals surface area contributed by atoms with Gasteiger partial charge in [0.05, 0.1) is 18.6 Å². The summed E-state index contributed by atoms with van der Waals surface area (Å²) < 4.78 is 54.8. The molecule has 0 saturated heterocycles. The first-order chi connectivity index (χ1) is 15.5. The highest BCUT2D eigenvalue weighted by Crippen LogP contribution is 2.42.